The van der Waals surface area contributed by atoms with Crippen molar-refractivity contribution >= 4 is 34.6 Å². The van der Waals surface area contributed by atoms with Crippen LogP contribution in [-0.2, 0) is 13.0 Å². The number of hydrogen-bond acceptors (Lipinski definition) is 7. The minimum Gasteiger partial charge on any atom is -0.342 e. The summed E-state index contributed by atoms with van der Waals surface area (Å²) < 4.78 is 2.13. The fourth-order valence-corrected chi connectivity index (χ4v) is 4.61. The third-order valence-electron chi connectivity index (χ3n) is 4.29. The summed E-state index contributed by atoms with van der Waals surface area (Å²) in [6.07, 6.45) is 1.62. The van der Waals surface area contributed by atoms with Crippen LogP contribution in [0.15, 0.2) is 38.2 Å². The summed E-state index contributed by atoms with van der Waals surface area (Å²) >= 11 is 3.13. The summed E-state index contributed by atoms with van der Waals surface area (Å²) in [6.45, 7) is 6.44. The number of thioether (sulfide) groups is 1. The van der Waals surface area contributed by atoms with Gasteiger partial charge in [-0.15, -0.1) is 10.2 Å². The zero-order valence-corrected chi connectivity index (χ0v) is 17.7. The standard InChI is InChI=1S/C19H23N5O2S2/c1-4-14-10-15(7-6-12(14)2)20-16-11-17(25)24(18(26)21-16)8-5-9-27-19-23-22-13(3)28-19/h6-7,10-11,20H,4-5,8-9H2,1-3H3,(H,21,26). The van der Waals surface area contributed by atoms with Crippen molar-refractivity contribution in [2.75, 3.05) is 11.1 Å². The van der Waals surface area contributed by atoms with Crippen molar-refractivity contribution in [1.29, 1.82) is 0 Å². The summed E-state index contributed by atoms with van der Waals surface area (Å²) in [7, 11) is 0. The van der Waals surface area contributed by atoms with Crippen molar-refractivity contribution in [3.63, 3.8) is 0 Å². The molecule has 2 aromatic heterocycles. The molecule has 1 aromatic carbocycles. The van der Waals surface area contributed by atoms with Crippen LogP contribution in [0.3, 0.4) is 0 Å². The maximum Gasteiger partial charge on any atom is 0.329 e. The quantitative estimate of drug-likeness (QED) is 0.430. The topological polar surface area (TPSA) is 92.7 Å². The molecular weight excluding hydrogens is 394 g/mol. The Morgan fingerprint density at radius 1 is 1.21 bits per heavy atom. The number of rotatable bonds is 8. The number of nitrogens with zero attached hydrogens (tertiary/aromatic N) is 3. The van der Waals surface area contributed by atoms with Crippen molar-refractivity contribution in [3.8, 4) is 0 Å². The van der Waals surface area contributed by atoms with Crippen molar-refractivity contribution in [2.45, 2.75) is 44.5 Å². The van der Waals surface area contributed by atoms with Gasteiger partial charge in [0.2, 0.25) is 0 Å². The van der Waals surface area contributed by atoms with Crippen molar-refractivity contribution in [3.05, 3.63) is 61.2 Å². The van der Waals surface area contributed by atoms with E-state index in [1.807, 2.05) is 25.1 Å². The molecule has 0 aliphatic carbocycles. The van der Waals surface area contributed by atoms with Gasteiger partial charge >= 0.3 is 5.69 Å². The van der Waals surface area contributed by atoms with Gasteiger partial charge in [0.25, 0.3) is 5.56 Å². The predicted molar refractivity (Wildman–Crippen MR) is 115 cm³/mol. The minimum absolute atomic E-state index is 0.314. The average Bonchev–Trinajstić information content (AvgIpc) is 3.07. The van der Waals surface area contributed by atoms with Gasteiger partial charge in [0.05, 0.1) is 0 Å². The fourth-order valence-electron chi connectivity index (χ4n) is 2.80. The summed E-state index contributed by atoms with van der Waals surface area (Å²) in [6, 6.07) is 7.42. The second-order valence-corrected chi connectivity index (χ2v) is 8.91. The Labute approximate surface area is 171 Å². The molecule has 0 unspecified atom stereocenters. The van der Waals surface area contributed by atoms with Gasteiger partial charge in [-0.05, 0) is 49.9 Å². The molecular formula is C19H23N5O2S2. The number of anilines is 2. The molecule has 148 valence electrons. The lowest BCUT2D eigenvalue weighted by atomic mass is 10.1. The first-order chi connectivity index (χ1) is 13.5. The molecule has 0 aliphatic heterocycles. The van der Waals surface area contributed by atoms with Gasteiger partial charge in [-0.1, -0.05) is 36.1 Å². The van der Waals surface area contributed by atoms with Crippen LogP contribution in [-0.4, -0.2) is 25.5 Å². The van der Waals surface area contributed by atoms with Crippen LogP contribution in [0.5, 0.6) is 0 Å². The van der Waals surface area contributed by atoms with Gasteiger partial charge in [0.15, 0.2) is 4.34 Å². The first kappa shape index (κ1) is 20.3. The Morgan fingerprint density at radius 2 is 2.04 bits per heavy atom. The molecule has 0 amide bonds. The number of aromatic amines is 1. The second-order valence-electron chi connectivity index (χ2n) is 6.39. The molecule has 0 saturated heterocycles. The van der Waals surface area contributed by atoms with E-state index in [1.54, 1.807) is 23.1 Å². The molecule has 0 radical (unpaired) electrons. The summed E-state index contributed by atoms with van der Waals surface area (Å²) in [5, 5.41) is 12.1. The van der Waals surface area contributed by atoms with Gasteiger partial charge in [0.1, 0.15) is 10.8 Å². The van der Waals surface area contributed by atoms with Crippen LogP contribution >= 0.6 is 23.1 Å². The van der Waals surface area contributed by atoms with Gasteiger partial charge in [-0.25, -0.2) is 4.79 Å². The van der Waals surface area contributed by atoms with Crippen LogP contribution in [0.1, 0.15) is 29.5 Å². The maximum absolute atomic E-state index is 12.4. The summed E-state index contributed by atoms with van der Waals surface area (Å²) in [4.78, 5) is 27.5. The normalized spacial score (nSPS) is 11.0. The highest BCUT2D eigenvalue weighted by molar-refractivity contribution is 8.01. The second kappa shape index (κ2) is 9.20. The Balaban J connectivity index is 1.64. The Bertz CT molecular complexity index is 1040. The molecule has 2 heterocycles. The first-order valence-electron chi connectivity index (χ1n) is 9.10. The lowest BCUT2D eigenvalue weighted by Gasteiger charge is -2.11. The van der Waals surface area contributed by atoms with E-state index in [1.165, 1.54) is 21.8 Å². The van der Waals surface area contributed by atoms with E-state index in [0.717, 1.165) is 27.2 Å². The number of H-pyrrole nitrogens is 1. The van der Waals surface area contributed by atoms with E-state index in [4.69, 9.17) is 0 Å². The number of aryl methyl sites for hydroxylation is 3. The smallest absolute Gasteiger partial charge is 0.329 e. The van der Waals surface area contributed by atoms with Crippen molar-refractivity contribution in [1.82, 2.24) is 19.7 Å². The third-order valence-corrected chi connectivity index (χ3v) is 6.35. The van der Waals surface area contributed by atoms with Crippen LogP contribution in [0.25, 0.3) is 0 Å². The summed E-state index contributed by atoms with van der Waals surface area (Å²) in [5.74, 6) is 1.17. The number of nitrogens with one attached hydrogen (secondary N) is 2. The molecule has 0 aliphatic rings. The predicted octanol–water partition coefficient (Wildman–Crippen LogP) is 3.49. The Hall–Kier alpha value is -2.39. The van der Waals surface area contributed by atoms with E-state index in [2.05, 4.69) is 34.3 Å². The number of hydrogen-bond donors (Lipinski definition) is 2. The van der Waals surface area contributed by atoms with Crippen LogP contribution in [0.2, 0.25) is 0 Å². The molecule has 7 nitrogen and oxygen atoms in total. The highest BCUT2D eigenvalue weighted by Crippen LogP contribution is 2.22. The van der Waals surface area contributed by atoms with E-state index in [-0.39, 0.29) is 5.56 Å². The van der Waals surface area contributed by atoms with E-state index >= 15 is 0 Å². The highest BCUT2D eigenvalue weighted by Gasteiger charge is 2.07. The minimum atomic E-state index is -0.408. The van der Waals surface area contributed by atoms with E-state index < -0.39 is 5.69 Å². The van der Waals surface area contributed by atoms with Crippen molar-refractivity contribution in [2.24, 2.45) is 0 Å². The lowest BCUT2D eigenvalue weighted by molar-refractivity contribution is 0.620. The molecule has 0 bridgehead atoms. The van der Waals surface area contributed by atoms with E-state index in [0.29, 0.717) is 18.8 Å². The third kappa shape index (κ3) is 5.11. The molecule has 0 saturated carbocycles. The summed E-state index contributed by atoms with van der Waals surface area (Å²) in [5.41, 5.74) is 2.57. The molecule has 0 spiro atoms. The molecule has 9 heteroatoms. The number of aromatic nitrogens is 4. The monoisotopic (exact) mass is 417 g/mol. The Morgan fingerprint density at radius 3 is 2.71 bits per heavy atom. The van der Waals surface area contributed by atoms with Crippen molar-refractivity contribution < 1.29 is 0 Å². The molecule has 2 N–H and O–H groups in total. The molecule has 3 rings (SSSR count). The lowest BCUT2D eigenvalue weighted by Crippen LogP contribution is -2.35. The Kier molecular flexibility index (Phi) is 6.69. The van der Waals surface area contributed by atoms with Crippen LogP contribution < -0.4 is 16.6 Å². The van der Waals surface area contributed by atoms with Crippen LogP contribution in [0, 0.1) is 13.8 Å². The zero-order valence-electron chi connectivity index (χ0n) is 16.1. The van der Waals surface area contributed by atoms with Gasteiger partial charge in [0, 0.05) is 24.1 Å². The van der Waals surface area contributed by atoms with Gasteiger partial charge < -0.3 is 5.32 Å². The molecule has 0 atom stereocenters. The van der Waals surface area contributed by atoms with Gasteiger partial charge in [-0.2, -0.15) is 0 Å². The fraction of sp³-hybridized carbons (Fsp3) is 0.368. The van der Waals surface area contributed by atoms with Gasteiger partial charge in [-0.3, -0.25) is 14.3 Å². The molecule has 3 aromatic rings. The highest BCUT2D eigenvalue weighted by atomic mass is 32.2. The molecule has 0 fully saturated rings. The van der Waals surface area contributed by atoms with Crippen LogP contribution in [0.4, 0.5) is 11.5 Å². The average molecular weight is 418 g/mol. The maximum atomic E-state index is 12.4. The largest absolute Gasteiger partial charge is 0.342 e. The SMILES string of the molecule is CCc1cc(Nc2cc(=O)n(CCCSc3nnc(C)s3)c(=O)[nH]2)ccc1C. The van der Waals surface area contributed by atoms with E-state index in [9.17, 15) is 9.59 Å². The number of benzene rings is 1. The first-order valence-corrected chi connectivity index (χ1v) is 10.9. The zero-order chi connectivity index (χ0) is 20.1. The molecule has 28 heavy (non-hydrogen) atoms.